The molecule has 0 saturated carbocycles. The Morgan fingerprint density at radius 3 is 2.56 bits per heavy atom. The van der Waals surface area contributed by atoms with Crippen molar-refractivity contribution in [2.75, 3.05) is 13.6 Å². The molecule has 0 fully saturated rings. The lowest BCUT2D eigenvalue weighted by molar-refractivity contribution is 0.195. The third-order valence-corrected chi connectivity index (χ3v) is 5.65. The highest BCUT2D eigenvalue weighted by Crippen LogP contribution is 2.33. The molecule has 0 aromatic carbocycles. The number of rotatable bonds is 5. The molecular weight excluding hydrogens is 260 g/mol. The van der Waals surface area contributed by atoms with E-state index in [9.17, 15) is 0 Å². The van der Waals surface area contributed by atoms with Gasteiger partial charge in [-0.1, -0.05) is 6.07 Å². The van der Waals surface area contributed by atoms with Crippen LogP contribution in [0.1, 0.15) is 34.3 Å². The monoisotopic (exact) mass is 280 g/mol. The molecule has 98 valence electrons. The Bertz CT molecular complexity index is 476. The number of nitrogens with two attached hydrogens (primary N) is 1. The summed E-state index contributed by atoms with van der Waals surface area (Å²) in [5, 5.41) is 4.28. The fraction of sp³-hybridized carbons (Fsp3) is 0.429. The topological polar surface area (TPSA) is 29.3 Å². The first-order chi connectivity index (χ1) is 8.65. The van der Waals surface area contributed by atoms with E-state index < -0.39 is 0 Å². The Morgan fingerprint density at radius 2 is 2.06 bits per heavy atom. The first-order valence-electron chi connectivity index (χ1n) is 6.14. The molecule has 4 heteroatoms. The van der Waals surface area contributed by atoms with Gasteiger partial charge in [-0.25, -0.2) is 0 Å². The first-order valence-corrected chi connectivity index (χ1v) is 7.90. The van der Waals surface area contributed by atoms with Crippen molar-refractivity contribution < 1.29 is 0 Å². The van der Waals surface area contributed by atoms with Gasteiger partial charge in [0, 0.05) is 22.3 Å². The number of likely N-dealkylation sites (N-methyl/N-ethyl adjacent to an activating group) is 1. The fourth-order valence-electron chi connectivity index (χ4n) is 2.18. The molecule has 18 heavy (non-hydrogen) atoms. The van der Waals surface area contributed by atoms with Crippen LogP contribution in [0.25, 0.3) is 0 Å². The van der Waals surface area contributed by atoms with Gasteiger partial charge in [-0.05, 0) is 49.4 Å². The Labute approximate surface area is 117 Å². The zero-order valence-corrected chi connectivity index (χ0v) is 12.7. The van der Waals surface area contributed by atoms with Gasteiger partial charge in [-0.2, -0.15) is 0 Å². The minimum Gasteiger partial charge on any atom is -0.329 e. The molecule has 2 rings (SSSR count). The van der Waals surface area contributed by atoms with E-state index in [1.165, 1.54) is 15.3 Å². The summed E-state index contributed by atoms with van der Waals surface area (Å²) in [4.78, 5) is 5.17. The van der Waals surface area contributed by atoms with E-state index in [0.717, 1.165) is 0 Å². The molecule has 0 spiro atoms. The van der Waals surface area contributed by atoms with Crippen LogP contribution in [0.5, 0.6) is 0 Å². The van der Waals surface area contributed by atoms with Crippen LogP contribution in [0.15, 0.2) is 29.0 Å². The van der Waals surface area contributed by atoms with Gasteiger partial charge in [-0.3, -0.25) is 4.90 Å². The Kier molecular flexibility index (Phi) is 4.56. The molecule has 0 aliphatic heterocycles. The van der Waals surface area contributed by atoms with Gasteiger partial charge < -0.3 is 5.73 Å². The normalized spacial score (nSPS) is 14.9. The van der Waals surface area contributed by atoms with Gasteiger partial charge in [0.15, 0.2) is 0 Å². The number of nitrogens with zero attached hydrogens (tertiary/aromatic N) is 1. The maximum absolute atomic E-state index is 5.99. The van der Waals surface area contributed by atoms with Crippen molar-refractivity contribution >= 4 is 22.7 Å². The maximum Gasteiger partial charge on any atom is 0.0569 e. The Morgan fingerprint density at radius 1 is 1.28 bits per heavy atom. The van der Waals surface area contributed by atoms with Gasteiger partial charge in [0.05, 0.1) is 6.04 Å². The van der Waals surface area contributed by atoms with Crippen molar-refractivity contribution in [1.82, 2.24) is 4.90 Å². The summed E-state index contributed by atoms with van der Waals surface area (Å²) >= 11 is 3.62. The lowest BCUT2D eigenvalue weighted by atomic mass is 10.1. The average molecular weight is 280 g/mol. The Hall–Kier alpha value is -0.680. The van der Waals surface area contributed by atoms with Crippen LogP contribution in [-0.4, -0.2) is 18.5 Å². The molecule has 2 heterocycles. The summed E-state index contributed by atoms with van der Waals surface area (Å²) in [6.07, 6.45) is 0. The van der Waals surface area contributed by atoms with Crippen LogP contribution in [0.3, 0.4) is 0 Å². The summed E-state index contributed by atoms with van der Waals surface area (Å²) in [5.41, 5.74) is 7.34. The smallest absolute Gasteiger partial charge is 0.0569 e. The lowest BCUT2D eigenvalue weighted by Gasteiger charge is -2.32. The number of aryl methyl sites for hydroxylation is 1. The van der Waals surface area contributed by atoms with Crippen LogP contribution in [0.2, 0.25) is 0 Å². The second kappa shape index (κ2) is 5.97. The standard InChI is InChI=1S/C14H20N2S2/c1-10-6-8-18-14(10)12(9-15)16(3)11(2)13-5-4-7-17-13/h4-8,11-12H,9,15H2,1-3H3. The van der Waals surface area contributed by atoms with Gasteiger partial charge in [-0.15, -0.1) is 22.7 Å². The summed E-state index contributed by atoms with van der Waals surface area (Å²) in [6.45, 7) is 5.07. The van der Waals surface area contributed by atoms with Crippen molar-refractivity contribution in [1.29, 1.82) is 0 Å². The highest BCUT2D eigenvalue weighted by atomic mass is 32.1. The Balaban J connectivity index is 2.20. The molecule has 0 radical (unpaired) electrons. The molecule has 2 aromatic heterocycles. The molecule has 0 bridgehead atoms. The largest absolute Gasteiger partial charge is 0.329 e. The SMILES string of the molecule is Cc1ccsc1C(CN)N(C)C(C)c1cccs1. The summed E-state index contributed by atoms with van der Waals surface area (Å²) in [5.74, 6) is 0. The molecule has 0 amide bonds. The van der Waals surface area contributed by atoms with Crippen LogP contribution in [-0.2, 0) is 0 Å². The minimum absolute atomic E-state index is 0.307. The summed E-state index contributed by atoms with van der Waals surface area (Å²) < 4.78 is 0. The predicted octanol–water partition coefficient (Wildman–Crippen LogP) is 3.81. The van der Waals surface area contributed by atoms with E-state index in [-0.39, 0.29) is 0 Å². The highest BCUT2D eigenvalue weighted by Gasteiger charge is 2.23. The predicted molar refractivity (Wildman–Crippen MR) is 81.3 cm³/mol. The van der Waals surface area contributed by atoms with Crippen molar-refractivity contribution in [3.8, 4) is 0 Å². The highest BCUT2D eigenvalue weighted by molar-refractivity contribution is 7.10. The third-order valence-electron chi connectivity index (χ3n) is 3.49. The van der Waals surface area contributed by atoms with Crippen LogP contribution in [0.4, 0.5) is 0 Å². The zero-order valence-electron chi connectivity index (χ0n) is 11.1. The molecule has 0 saturated heterocycles. The maximum atomic E-state index is 5.99. The van der Waals surface area contributed by atoms with Gasteiger partial charge in [0.2, 0.25) is 0 Å². The van der Waals surface area contributed by atoms with Crippen molar-refractivity contribution in [3.05, 3.63) is 44.3 Å². The molecule has 2 nitrogen and oxygen atoms in total. The van der Waals surface area contributed by atoms with Crippen LogP contribution < -0.4 is 5.73 Å². The van der Waals surface area contributed by atoms with Crippen LogP contribution in [0, 0.1) is 6.92 Å². The molecule has 0 aliphatic carbocycles. The fourth-order valence-corrected chi connectivity index (χ4v) is 4.11. The quantitative estimate of drug-likeness (QED) is 0.902. The van der Waals surface area contributed by atoms with E-state index in [0.29, 0.717) is 18.6 Å². The molecule has 2 aromatic rings. The van der Waals surface area contributed by atoms with E-state index in [4.69, 9.17) is 5.73 Å². The third kappa shape index (κ3) is 2.67. The molecule has 2 unspecified atom stereocenters. The molecule has 2 N–H and O–H groups in total. The van der Waals surface area contributed by atoms with Gasteiger partial charge in [0.25, 0.3) is 0 Å². The molecular formula is C14H20N2S2. The number of hydrogen-bond donors (Lipinski definition) is 1. The first kappa shape index (κ1) is 13.7. The van der Waals surface area contributed by atoms with Gasteiger partial charge in [0.1, 0.15) is 0 Å². The van der Waals surface area contributed by atoms with E-state index in [1.54, 1.807) is 11.3 Å². The minimum atomic E-state index is 0.307. The van der Waals surface area contributed by atoms with E-state index in [1.807, 2.05) is 11.3 Å². The van der Waals surface area contributed by atoms with Crippen molar-refractivity contribution in [2.24, 2.45) is 5.73 Å². The average Bonchev–Trinajstić information content (AvgIpc) is 3.01. The second-order valence-corrected chi connectivity index (χ2v) is 6.50. The molecule has 2 atom stereocenters. The lowest BCUT2D eigenvalue weighted by Crippen LogP contribution is -2.32. The number of thiophene rings is 2. The summed E-state index contributed by atoms with van der Waals surface area (Å²) in [6, 6.07) is 7.19. The number of hydrogen-bond acceptors (Lipinski definition) is 4. The summed E-state index contributed by atoms with van der Waals surface area (Å²) in [7, 11) is 2.17. The molecule has 0 aliphatic rings. The van der Waals surface area contributed by atoms with Crippen molar-refractivity contribution in [3.63, 3.8) is 0 Å². The van der Waals surface area contributed by atoms with Crippen LogP contribution >= 0.6 is 22.7 Å². The van der Waals surface area contributed by atoms with E-state index in [2.05, 4.69) is 54.8 Å². The van der Waals surface area contributed by atoms with Gasteiger partial charge >= 0.3 is 0 Å². The zero-order chi connectivity index (χ0) is 13.1. The second-order valence-electron chi connectivity index (χ2n) is 4.58. The van der Waals surface area contributed by atoms with E-state index >= 15 is 0 Å². The van der Waals surface area contributed by atoms with Crippen molar-refractivity contribution in [2.45, 2.75) is 25.9 Å².